The van der Waals surface area contributed by atoms with Gasteiger partial charge in [-0.25, -0.2) is 9.97 Å². The summed E-state index contributed by atoms with van der Waals surface area (Å²) in [6.07, 6.45) is 4.49. The zero-order valence-corrected chi connectivity index (χ0v) is 13.5. The number of nitrogens with one attached hydrogen (secondary N) is 1. The molecule has 0 amide bonds. The molecule has 0 radical (unpaired) electrons. The van der Waals surface area contributed by atoms with Gasteiger partial charge in [-0.05, 0) is 48.7 Å². The summed E-state index contributed by atoms with van der Waals surface area (Å²) in [5.74, 6) is 0.876. The first-order valence-corrected chi connectivity index (χ1v) is 8.53. The quantitative estimate of drug-likeness (QED) is 0.853. The first kappa shape index (κ1) is 14.5. The molecule has 0 aliphatic heterocycles. The number of hydrogen-bond donors (Lipinski definition) is 1. The first-order valence-electron chi connectivity index (χ1n) is 7.59. The van der Waals surface area contributed by atoms with Crippen LogP contribution in [-0.2, 0) is 13.1 Å². The molecule has 4 nitrogen and oxygen atoms in total. The van der Waals surface area contributed by atoms with Crippen molar-refractivity contribution in [2.24, 2.45) is 0 Å². The summed E-state index contributed by atoms with van der Waals surface area (Å²) in [4.78, 5) is 11.7. The minimum absolute atomic E-state index is 0.615. The molecule has 1 aliphatic carbocycles. The topological polar surface area (TPSA) is 41.1 Å². The van der Waals surface area contributed by atoms with E-state index < -0.39 is 0 Å². The van der Waals surface area contributed by atoms with E-state index >= 15 is 0 Å². The van der Waals surface area contributed by atoms with Crippen LogP contribution in [0, 0.1) is 6.92 Å². The summed E-state index contributed by atoms with van der Waals surface area (Å²) >= 11 is 1.75. The van der Waals surface area contributed by atoms with Crippen molar-refractivity contribution in [3.05, 3.63) is 39.8 Å². The highest BCUT2D eigenvalue weighted by Gasteiger charge is 2.31. The number of anilines is 1. The van der Waals surface area contributed by atoms with E-state index in [1.54, 1.807) is 11.3 Å². The standard InChI is InChI=1S/C16H22N4S/c1-3-17-8-14-9-18-16(19-12(14)2)20(15-4-5-15)10-13-6-7-21-11-13/h6-7,9,11,15,17H,3-5,8,10H2,1-2H3. The van der Waals surface area contributed by atoms with Gasteiger partial charge in [0, 0.05) is 36.6 Å². The fourth-order valence-corrected chi connectivity index (χ4v) is 3.04. The van der Waals surface area contributed by atoms with Gasteiger partial charge in [0.1, 0.15) is 0 Å². The molecule has 0 bridgehead atoms. The summed E-state index contributed by atoms with van der Waals surface area (Å²) in [6, 6.07) is 2.80. The summed E-state index contributed by atoms with van der Waals surface area (Å²) in [5.41, 5.74) is 3.62. The fraction of sp³-hybridized carbons (Fsp3) is 0.500. The lowest BCUT2D eigenvalue weighted by atomic mass is 10.2. The predicted octanol–water partition coefficient (Wildman–Crippen LogP) is 3.13. The van der Waals surface area contributed by atoms with E-state index in [0.29, 0.717) is 6.04 Å². The zero-order chi connectivity index (χ0) is 14.7. The summed E-state index contributed by atoms with van der Waals surface area (Å²) in [5, 5.41) is 7.67. The Morgan fingerprint density at radius 3 is 2.90 bits per heavy atom. The summed E-state index contributed by atoms with van der Waals surface area (Å²) in [6.45, 7) is 6.91. The van der Waals surface area contributed by atoms with E-state index in [4.69, 9.17) is 4.98 Å². The Balaban J connectivity index is 1.77. The largest absolute Gasteiger partial charge is 0.333 e. The molecule has 0 saturated heterocycles. The Hall–Kier alpha value is -1.46. The lowest BCUT2D eigenvalue weighted by molar-refractivity contribution is 0.707. The average molecular weight is 302 g/mol. The van der Waals surface area contributed by atoms with Gasteiger partial charge >= 0.3 is 0 Å². The molecular weight excluding hydrogens is 280 g/mol. The highest BCUT2D eigenvalue weighted by molar-refractivity contribution is 7.07. The molecule has 1 fully saturated rings. The van der Waals surface area contributed by atoms with Gasteiger partial charge in [0.05, 0.1) is 0 Å². The third-order valence-electron chi connectivity index (χ3n) is 3.81. The van der Waals surface area contributed by atoms with Gasteiger partial charge in [-0.15, -0.1) is 0 Å². The van der Waals surface area contributed by atoms with Crippen LogP contribution in [0.1, 0.15) is 36.6 Å². The molecule has 5 heteroatoms. The van der Waals surface area contributed by atoms with Crippen molar-refractivity contribution >= 4 is 17.3 Å². The highest BCUT2D eigenvalue weighted by atomic mass is 32.1. The van der Waals surface area contributed by atoms with Crippen LogP contribution >= 0.6 is 11.3 Å². The van der Waals surface area contributed by atoms with Gasteiger partial charge in [0.2, 0.25) is 5.95 Å². The van der Waals surface area contributed by atoms with Crippen molar-refractivity contribution in [2.75, 3.05) is 11.4 Å². The molecule has 0 unspecified atom stereocenters. The van der Waals surface area contributed by atoms with E-state index in [2.05, 4.69) is 45.9 Å². The summed E-state index contributed by atoms with van der Waals surface area (Å²) < 4.78 is 0. The smallest absolute Gasteiger partial charge is 0.226 e. The molecule has 21 heavy (non-hydrogen) atoms. The van der Waals surface area contributed by atoms with Crippen molar-refractivity contribution in [1.82, 2.24) is 15.3 Å². The van der Waals surface area contributed by atoms with Crippen LogP contribution in [0.5, 0.6) is 0 Å². The van der Waals surface area contributed by atoms with Crippen LogP contribution in [0.15, 0.2) is 23.0 Å². The van der Waals surface area contributed by atoms with E-state index in [0.717, 1.165) is 31.3 Å². The molecule has 2 aromatic rings. The molecular formula is C16H22N4S. The maximum atomic E-state index is 4.75. The van der Waals surface area contributed by atoms with E-state index in [1.165, 1.54) is 24.0 Å². The van der Waals surface area contributed by atoms with Gasteiger partial charge in [-0.1, -0.05) is 6.92 Å². The molecule has 112 valence electrons. The highest BCUT2D eigenvalue weighted by Crippen LogP contribution is 2.31. The minimum Gasteiger partial charge on any atom is -0.333 e. The number of aromatic nitrogens is 2. The van der Waals surface area contributed by atoms with Crippen LogP contribution in [0.3, 0.4) is 0 Å². The van der Waals surface area contributed by atoms with Crippen LogP contribution < -0.4 is 10.2 Å². The second kappa shape index (κ2) is 6.54. The summed E-state index contributed by atoms with van der Waals surface area (Å²) in [7, 11) is 0. The van der Waals surface area contributed by atoms with Crippen molar-refractivity contribution in [3.8, 4) is 0 Å². The number of thiophene rings is 1. The van der Waals surface area contributed by atoms with Gasteiger partial charge in [-0.2, -0.15) is 11.3 Å². The maximum Gasteiger partial charge on any atom is 0.226 e. The van der Waals surface area contributed by atoms with Crippen LogP contribution in [0.4, 0.5) is 5.95 Å². The number of aryl methyl sites for hydroxylation is 1. The molecule has 0 spiro atoms. The van der Waals surface area contributed by atoms with Crippen LogP contribution in [-0.4, -0.2) is 22.6 Å². The SMILES string of the molecule is CCNCc1cnc(N(Cc2ccsc2)C2CC2)nc1C. The predicted molar refractivity (Wildman–Crippen MR) is 87.7 cm³/mol. The van der Waals surface area contributed by atoms with Crippen LogP contribution in [0.2, 0.25) is 0 Å². The van der Waals surface area contributed by atoms with E-state index in [1.807, 2.05) is 6.20 Å². The van der Waals surface area contributed by atoms with Gasteiger partial charge in [-0.3, -0.25) is 0 Å². The Labute approximate surface area is 130 Å². The normalized spacial score (nSPS) is 14.4. The van der Waals surface area contributed by atoms with Gasteiger partial charge < -0.3 is 10.2 Å². The van der Waals surface area contributed by atoms with Crippen molar-refractivity contribution in [2.45, 2.75) is 45.8 Å². The number of rotatable bonds is 7. The van der Waals surface area contributed by atoms with Gasteiger partial charge in [0.25, 0.3) is 0 Å². The fourth-order valence-electron chi connectivity index (χ4n) is 2.38. The Morgan fingerprint density at radius 2 is 2.29 bits per heavy atom. The molecule has 0 atom stereocenters. The molecule has 1 saturated carbocycles. The number of hydrogen-bond acceptors (Lipinski definition) is 5. The van der Waals surface area contributed by atoms with Crippen molar-refractivity contribution in [3.63, 3.8) is 0 Å². The second-order valence-electron chi connectivity index (χ2n) is 5.55. The third-order valence-corrected chi connectivity index (χ3v) is 4.54. The van der Waals surface area contributed by atoms with Crippen LogP contribution in [0.25, 0.3) is 0 Å². The van der Waals surface area contributed by atoms with Crippen molar-refractivity contribution in [1.29, 1.82) is 0 Å². The van der Waals surface area contributed by atoms with E-state index in [9.17, 15) is 0 Å². The van der Waals surface area contributed by atoms with E-state index in [-0.39, 0.29) is 0 Å². The van der Waals surface area contributed by atoms with Crippen molar-refractivity contribution < 1.29 is 0 Å². The molecule has 1 N–H and O–H groups in total. The van der Waals surface area contributed by atoms with Gasteiger partial charge in [0.15, 0.2) is 0 Å². The molecule has 2 heterocycles. The second-order valence-corrected chi connectivity index (χ2v) is 6.33. The molecule has 0 aromatic carbocycles. The number of nitrogens with zero attached hydrogens (tertiary/aromatic N) is 3. The monoisotopic (exact) mass is 302 g/mol. The Kier molecular flexibility index (Phi) is 4.51. The lowest BCUT2D eigenvalue weighted by Crippen LogP contribution is -2.27. The average Bonchev–Trinajstić information content (AvgIpc) is 3.20. The minimum atomic E-state index is 0.615. The molecule has 1 aliphatic rings. The first-order chi connectivity index (χ1) is 10.3. The lowest BCUT2D eigenvalue weighted by Gasteiger charge is -2.22. The molecule has 2 aromatic heterocycles. The maximum absolute atomic E-state index is 4.75. The Morgan fingerprint density at radius 1 is 1.43 bits per heavy atom. The zero-order valence-electron chi connectivity index (χ0n) is 12.7. The third kappa shape index (κ3) is 3.60. The molecule has 3 rings (SSSR count). The Bertz CT molecular complexity index is 578.